The highest BCUT2D eigenvalue weighted by Crippen LogP contribution is 2.21. The molecule has 1 rings (SSSR count). The van der Waals surface area contributed by atoms with Crippen molar-refractivity contribution in [2.45, 2.75) is 59.4 Å². The molecule has 102 valence electrons. The summed E-state index contributed by atoms with van der Waals surface area (Å²) >= 11 is 0. The highest BCUT2D eigenvalue weighted by Gasteiger charge is 2.16. The number of anilines is 2. The molecule has 4 heteroatoms. The van der Waals surface area contributed by atoms with E-state index in [-0.39, 0.29) is 5.54 Å². The van der Waals surface area contributed by atoms with Crippen LogP contribution in [0.25, 0.3) is 0 Å². The van der Waals surface area contributed by atoms with Crippen molar-refractivity contribution >= 4 is 11.6 Å². The maximum atomic E-state index is 4.59. The second-order valence-electron chi connectivity index (χ2n) is 5.54. The van der Waals surface area contributed by atoms with E-state index < -0.39 is 0 Å². The first-order valence-electron chi connectivity index (χ1n) is 6.79. The molecule has 0 aromatic carbocycles. The molecule has 0 saturated heterocycles. The van der Waals surface area contributed by atoms with Gasteiger partial charge in [-0.2, -0.15) is 0 Å². The van der Waals surface area contributed by atoms with Gasteiger partial charge in [-0.1, -0.05) is 20.8 Å². The number of nitrogens with one attached hydrogen (secondary N) is 2. The molecule has 1 aromatic heterocycles. The number of nitrogens with zero attached hydrogens (tertiary/aromatic N) is 2. The fourth-order valence-corrected chi connectivity index (χ4v) is 1.49. The van der Waals surface area contributed by atoms with Crippen LogP contribution in [0.4, 0.5) is 11.6 Å². The third kappa shape index (κ3) is 4.17. The van der Waals surface area contributed by atoms with Crippen LogP contribution in [0.3, 0.4) is 0 Å². The number of aromatic nitrogens is 2. The minimum atomic E-state index is 0.0477. The topological polar surface area (TPSA) is 49.8 Å². The van der Waals surface area contributed by atoms with E-state index in [2.05, 4.69) is 62.1 Å². The predicted molar refractivity (Wildman–Crippen MR) is 78.3 cm³/mol. The Balaban J connectivity index is 3.03. The van der Waals surface area contributed by atoms with Crippen LogP contribution in [0, 0.1) is 0 Å². The molecule has 4 nitrogen and oxygen atoms in total. The Morgan fingerprint density at radius 1 is 1.17 bits per heavy atom. The number of rotatable bonds is 6. The van der Waals surface area contributed by atoms with Gasteiger partial charge in [0, 0.05) is 24.1 Å². The lowest BCUT2D eigenvalue weighted by Gasteiger charge is -2.25. The summed E-state index contributed by atoms with van der Waals surface area (Å²) in [6.45, 7) is 13.7. The third-order valence-electron chi connectivity index (χ3n) is 2.97. The average molecular weight is 250 g/mol. The summed E-state index contributed by atoms with van der Waals surface area (Å²) < 4.78 is 0. The second-order valence-corrected chi connectivity index (χ2v) is 5.54. The summed E-state index contributed by atoms with van der Waals surface area (Å²) in [5.74, 6) is 3.00. The smallest absolute Gasteiger partial charge is 0.135 e. The zero-order valence-corrected chi connectivity index (χ0v) is 12.5. The van der Waals surface area contributed by atoms with E-state index in [1.165, 1.54) is 0 Å². The minimum absolute atomic E-state index is 0.0477. The normalized spacial score (nSPS) is 11.7. The summed E-state index contributed by atoms with van der Waals surface area (Å²) in [4.78, 5) is 9.10. The van der Waals surface area contributed by atoms with Gasteiger partial charge >= 0.3 is 0 Å². The van der Waals surface area contributed by atoms with E-state index in [9.17, 15) is 0 Å². The molecule has 0 aliphatic rings. The van der Waals surface area contributed by atoms with Gasteiger partial charge in [0.1, 0.15) is 17.5 Å². The highest BCUT2D eigenvalue weighted by atomic mass is 15.1. The molecule has 0 radical (unpaired) electrons. The standard InChI is InChI=1S/C14H26N4/c1-7-14(5,6)18-12-9-11(15-8-2)16-13(17-12)10(3)4/h9-10H,7-8H2,1-6H3,(H2,15,16,17,18). The summed E-state index contributed by atoms with van der Waals surface area (Å²) in [7, 11) is 0. The van der Waals surface area contributed by atoms with Gasteiger partial charge in [0.05, 0.1) is 0 Å². The Morgan fingerprint density at radius 3 is 2.28 bits per heavy atom. The van der Waals surface area contributed by atoms with E-state index >= 15 is 0 Å². The largest absolute Gasteiger partial charge is 0.370 e. The molecule has 18 heavy (non-hydrogen) atoms. The van der Waals surface area contributed by atoms with Crippen molar-refractivity contribution < 1.29 is 0 Å². The van der Waals surface area contributed by atoms with Crippen molar-refractivity contribution in [3.63, 3.8) is 0 Å². The molecule has 0 amide bonds. The van der Waals surface area contributed by atoms with Crippen LogP contribution < -0.4 is 10.6 Å². The predicted octanol–water partition coefficient (Wildman–Crippen LogP) is 3.63. The van der Waals surface area contributed by atoms with Gasteiger partial charge in [0.15, 0.2) is 0 Å². The Hall–Kier alpha value is -1.32. The summed E-state index contributed by atoms with van der Waals surface area (Å²) in [5, 5.41) is 6.73. The molecular formula is C14H26N4. The van der Waals surface area contributed by atoms with Gasteiger partial charge in [0.25, 0.3) is 0 Å². The maximum absolute atomic E-state index is 4.59. The van der Waals surface area contributed by atoms with Crippen LogP contribution in [0.1, 0.15) is 59.7 Å². The zero-order valence-electron chi connectivity index (χ0n) is 12.5. The highest BCUT2D eigenvalue weighted by molar-refractivity contribution is 5.49. The first-order chi connectivity index (χ1) is 8.38. The van der Waals surface area contributed by atoms with Crippen LogP contribution in [0.15, 0.2) is 6.07 Å². The number of hydrogen-bond acceptors (Lipinski definition) is 4. The lowest BCUT2D eigenvalue weighted by atomic mass is 10.0. The van der Waals surface area contributed by atoms with Crippen molar-refractivity contribution in [1.29, 1.82) is 0 Å². The Kier molecular flexibility index (Phi) is 4.93. The monoisotopic (exact) mass is 250 g/mol. The SMILES string of the molecule is CCNc1cc(NC(C)(C)CC)nc(C(C)C)n1. The average Bonchev–Trinajstić information content (AvgIpc) is 2.28. The Bertz CT molecular complexity index is 385. The molecule has 0 fully saturated rings. The first-order valence-corrected chi connectivity index (χ1v) is 6.79. The van der Waals surface area contributed by atoms with E-state index in [1.54, 1.807) is 0 Å². The van der Waals surface area contributed by atoms with E-state index in [4.69, 9.17) is 0 Å². The van der Waals surface area contributed by atoms with Crippen LogP contribution >= 0.6 is 0 Å². The van der Waals surface area contributed by atoms with Crippen molar-refractivity contribution in [1.82, 2.24) is 9.97 Å². The molecule has 1 aromatic rings. The Morgan fingerprint density at radius 2 is 1.78 bits per heavy atom. The van der Waals surface area contributed by atoms with Crippen LogP contribution in [-0.2, 0) is 0 Å². The first kappa shape index (κ1) is 14.7. The minimum Gasteiger partial charge on any atom is -0.370 e. The lowest BCUT2D eigenvalue weighted by Crippen LogP contribution is -2.30. The van der Waals surface area contributed by atoms with Crippen molar-refractivity contribution in [2.75, 3.05) is 17.2 Å². The Labute approximate surface area is 111 Å². The van der Waals surface area contributed by atoms with E-state index in [0.717, 1.165) is 30.4 Å². The van der Waals surface area contributed by atoms with Gasteiger partial charge < -0.3 is 10.6 Å². The maximum Gasteiger partial charge on any atom is 0.135 e. The molecule has 0 unspecified atom stereocenters. The van der Waals surface area contributed by atoms with Gasteiger partial charge in [-0.15, -0.1) is 0 Å². The van der Waals surface area contributed by atoms with Crippen molar-refractivity contribution in [3.8, 4) is 0 Å². The molecule has 2 N–H and O–H groups in total. The molecular weight excluding hydrogens is 224 g/mol. The fourth-order valence-electron chi connectivity index (χ4n) is 1.49. The van der Waals surface area contributed by atoms with Gasteiger partial charge in [-0.25, -0.2) is 9.97 Å². The molecule has 0 aliphatic heterocycles. The summed E-state index contributed by atoms with van der Waals surface area (Å²) in [6.07, 6.45) is 1.05. The molecule has 0 bridgehead atoms. The van der Waals surface area contributed by atoms with Crippen LogP contribution in [0.2, 0.25) is 0 Å². The number of hydrogen-bond donors (Lipinski definition) is 2. The van der Waals surface area contributed by atoms with Gasteiger partial charge in [-0.05, 0) is 27.2 Å². The third-order valence-corrected chi connectivity index (χ3v) is 2.97. The molecule has 0 atom stereocenters. The quantitative estimate of drug-likeness (QED) is 0.809. The lowest BCUT2D eigenvalue weighted by molar-refractivity contribution is 0.544. The van der Waals surface area contributed by atoms with Crippen molar-refractivity contribution in [3.05, 3.63) is 11.9 Å². The summed E-state index contributed by atoms with van der Waals surface area (Å²) in [5.41, 5.74) is 0.0477. The zero-order chi connectivity index (χ0) is 13.8. The van der Waals surface area contributed by atoms with Crippen LogP contribution in [-0.4, -0.2) is 22.1 Å². The molecule has 0 aliphatic carbocycles. The van der Waals surface area contributed by atoms with E-state index in [1.807, 2.05) is 6.07 Å². The molecule has 1 heterocycles. The van der Waals surface area contributed by atoms with Gasteiger partial charge in [0.2, 0.25) is 0 Å². The van der Waals surface area contributed by atoms with Crippen LogP contribution in [0.5, 0.6) is 0 Å². The fraction of sp³-hybridized carbons (Fsp3) is 0.714. The van der Waals surface area contributed by atoms with E-state index in [0.29, 0.717) is 5.92 Å². The second kappa shape index (κ2) is 6.03. The molecule has 0 spiro atoms. The molecule has 0 saturated carbocycles. The van der Waals surface area contributed by atoms with Gasteiger partial charge in [-0.3, -0.25) is 0 Å². The van der Waals surface area contributed by atoms with Crippen molar-refractivity contribution in [2.24, 2.45) is 0 Å². The summed E-state index contributed by atoms with van der Waals surface area (Å²) in [6, 6.07) is 1.98.